The smallest absolute Gasteiger partial charge is 0.257 e. The minimum absolute atomic E-state index is 0.197. The Hall–Kier alpha value is -3.67. The standard InChI is InChI=1S/C21H19N3O3/c1-27-17-10-8-15(9-11-17)13-20(25)24-19-7-3-2-6-18(19)21(26)23-16-5-4-12-22-14-16/h2-12,14H,13H2,1H3,(H,23,26)(H,24,25). The molecule has 2 N–H and O–H groups in total. The van der Waals surface area contributed by atoms with Crippen LogP contribution in [0.15, 0.2) is 73.1 Å². The number of rotatable bonds is 6. The van der Waals surface area contributed by atoms with Crippen LogP contribution in [0.3, 0.4) is 0 Å². The van der Waals surface area contributed by atoms with Gasteiger partial charge in [-0.25, -0.2) is 0 Å². The molecule has 0 bridgehead atoms. The predicted octanol–water partition coefficient (Wildman–Crippen LogP) is 3.52. The van der Waals surface area contributed by atoms with Crippen LogP contribution in [0.25, 0.3) is 0 Å². The van der Waals surface area contributed by atoms with Gasteiger partial charge in [0.15, 0.2) is 0 Å². The Bertz CT molecular complexity index is 925. The van der Waals surface area contributed by atoms with E-state index in [1.165, 1.54) is 0 Å². The van der Waals surface area contributed by atoms with Crippen LogP contribution in [0.5, 0.6) is 5.75 Å². The first kappa shape index (κ1) is 18.1. The Morgan fingerprint density at radius 3 is 2.44 bits per heavy atom. The van der Waals surface area contributed by atoms with Gasteiger partial charge in [-0.1, -0.05) is 24.3 Å². The lowest BCUT2D eigenvalue weighted by atomic mass is 10.1. The van der Waals surface area contributed by atoms with Gasteiger partial charge >= 0.3 is 0 Å². The molecular weight excluding hydrogens is 342 g/mol. The van der Waals surface area contributed by atoms with Crippen molar-refractivity contribution in [3.05, 3.63) is 84.2 Å². The van der Waals surface area contributed by atoms with Gasteiger partial charge in [0, 0.05) is 6.20 Å². The maximum atomic E-state index is 12.5. The highest BCUT2D eigenvalue weighted by molar-refractivity contribution is 6.10. The molecule has 0 aliphatic carbocycles. The number of methoxy groups -OCH3 is 1. The Kier molecular flexibility index (Phi) is 5.79. The second kappa shape index (κ2) is 8.62. The van der Waals surface area contributed by atoms with E-state index in [0.717, 1.165) is 11.3 Å². The van der Waals surface area contributed by atoms with Gasteiger partial charge in [-0.3, -0.25) is 14.6 Å². The number of benzene rings is 2. The lowest BCUT2D eigenvalue weighted by molar-refractivity contribution is -0.115. The number of nitrogens with zero attached hydrogens (tertiary/aromatic N) is 1. The third-order valence-electron chi connectivity index (χ3n) is 3.89. The highest BCUT2D eigenvalue weighted by Gasteiger charge is 2.13. The molecule has 0 fully saturated rings. The monoisotopic (exact) mass is 361 g/mol. The Balaban J connectivity index is 1.69. The third kappa shape index (κ3) is 4.92. The highest BCUT2D eigenvalue weighted by Crippen LogP contribution is 2.18. The molecule has 0 radical (unpaired) electrons. The third-order valence-corrected chi connectivity index (χ3v) is 3.89. The Morgan fingerprint density at radius 1 is 0.963 bits per heavy atom. The fraction of sp³-hybridized carbons (Fsp3) is 0.0952. The van der Waals surface area contributed by atoms with Crippen LogP contribution >= 0.6 is 0 Å². The summed E-state index contributed by atoms with van der Waals surface area (Å²) in [6, 6.07) is 17.6. The first-order chi connectivity index (χ1) is 13.2. The minimum atomic E-state index is -0.316. The van der Waals surface area contributed by atoms with Gasteiger partial charge in [-0.05, 0) is 42.0 Å². The van der Waals surface area contributed by atoms with E-state index in [1.807, 2.05) is 12.1 Å². The molecule has 0 spiro atoms. The molecule has 2 aromatic carbocycles. The molecule has 0 aliphatic rings. The second-order valence-corrected chi connectivity index (χ2v) is 5.81. The lowest BCUT2D eigenvalue weighted by Crippen LogP contribution is -2.19. The number of ether oxygens (including phenoxy) is 1. The number of anilines is 2. The normalized spacial score (nSPS) is 10.1. The van der Waals surface area contributed by atoms with Crippen LogP contribution in [0.2, 0.25) is 0 Å². The maximum absolute atomic E-state index is 12.5. The number of hydrogen-bond acceptors (Lipinski definition) is 4. The molecule has 1 heterocycles. The number of carbonyl (C=O) groups is 2. The molecule has 3 rings (SSSR count). The summed E-state index contributed by atoms with van der Waals surface area (Å²) in [7, 11) is 1.59. The van der Waals surface area contributed by atoms with E-state index in [4.69, 9.17) is 4.74 Å². The summed E-state index contributed by atoms with van der Waals surface area (Å²) in [6.45, 7) is 0. The number of pyridine rings is 1. The van der Waals surface area contributed by atoms with Crippen molar-refractivity contribution in [3.63, 3.8) is 0 Å². The molecule has 6 heteroatoms. The van der Waals surface area contributed by atoms with Crippen molar-refractivity contribution in [2.45, 2.75) is 6.42 Å². The van der Waals surface area contributed by atoms with Crippen LogP contribution in [0.1, 0.15) is 15.9 Å². The van der Waals surface area contributed by atoms with E-state index in [9.17, 15) is 9.59 Å². The molecule has 0 saturated heterocycles. The summed E-state index contributed by atoms with van der Waals surface area (Å²) in [4.78, 5) is 28.9. The molecule has 136 valence electrons. The molecule has 2 amide bonds. The van der Waals surface area contributed by atoms with Gasteiger partial charge in [0.25, 0.3) is 5.91 Å². The summed E-state index contributed by atoms with van der Waals surface area (Å²) in [5, 5.41) is 5.58. The van der Waals surface area contributed by atoms with Crippen molar-refractivity contribution in [2.24, 2.45) is 0 Å². The van der Waals surface area contributed by atoms with Crippen molar-refractivity contribution < 1.29 is 14.3 Å². The summed E-state index contributed by atoms with van der Waals surface area (Å²) in [5.41, 5.74) is 2.27. The van der Waals surface area contributed by atoms with Gasteiger partial charge in [0.2, 0.25) is 5.91 Å². The predicted molar refractivity (Wildman–Crippen MR) is 104 cm³/mol. The number of nitrogens with one attached hydrogen (secondary N) is 2. The van der Waals surface area contributed by atoms with Gasteiger partial charge in [0.1, 0.15) is 5.75 Å². The second-order valence-electron chi connectivity index (χ2n) is 5.81. The number of amides is 2. The van der Waals surface area contributed by atoms with Gasteiger partial charge in [-0.15, -0.1) is 0 Å². The topological polar surface area (TPSA) is 80.3 Å². The first-order valence-corrected chi connectivity index (χ1v) is 8.39. The molecular formula is C21H19N3O3. The average Bonchev–Trinajstić information content (AvgIpc) is 2.69. The van der Waals surface area contributed by atoms with Gasteiger partial charge in [-0.2, -0.15) is 0 Å². The van der Waals surface area contributed by atoms with Crippen molar-refractivity contribution in [2.75, 3.05) is 17.7 Å². The molecule has 1 aromatic heterocycles. The van der Waals surface area contributed by atoms with E-state index in [0.29, 0.717) is 16.9 Å². The molecule has 0 aliphatic heterocycles. The van der Waals surface area contributed by atoms with Crippen molar-refractivity contribution in [3.8, 4) is 5.75 Å². The van der Waals surface area contributed by atoms with Crippen molar-refractivity contribution >= 4 is 23.2 Å². The lowest BCUT2D eigenvalue weighted by Gasteiger charge is -2.11. The van der Waals surface area contributed by atoms with Crippen LogP contribution in [-0.2, 0) is 11.2 Å². The summed E-state index contributed by atoms with van der Waals surface area (Å²) >= 11 is 0. The van der Waals surface area contributed by atoms with E-state index < -0.39 is 0 Å². The molecule has 0 atom stereocenters. The van der Waals surface area contributed by atoms with E-state index >= 15 is 0 Å². The molecule has 0 saturated carbocycles. The van der Waals surface area contributed by atoms with E-state index in [2.05, 4.69) is 15.6 Å². The largest absolute Gasteiger partial charge is 0.497 e. The number of aromatic nitrogens is 1. The van der Waals surface area contributed by atoms with Gasteiger partial charge in [0.05, 0.1) is 36.7 Å². The SMILES string of the molecule is COc1ccc(CC(=O)Nc2ccccc2C(=O)Nc2cccnc2)cc1. The quantitative estimate of drug-likeness (QED) is 0.704. The number of para-hydroxylation sites is 1. The summed E-state index contributed by atoms with van der Waals surface area (Å²) < 4.78 is 5.11. The van der Waals surface area contributed by atoms with Crippen LogP contribution in [0, 0.1) is 0 Å². The van der Waals surface area contributed by atoms with E-state index in [-0.39, 0.29) is 18.2 Å². The zero-order valence-electron chi connectivity index (χ0n) is 14.8. The van der Waals surface area contributed by atoms with Crippen molar-refractivity contribution in [1.29, 1.82) is 0 Å². The fourth-order valence-corrected chi connectivity index (χ4v) is 2.55. The Labute approximate surface area is 157 Å². The number of hydrogen-bond donors (Lipinski definition) is 2. The fourth-order valence-electron chi connectivity index (χ4n) is 2.55. The highest BCUT2D eigenvalue weighted by atomic mass is 16.5. The van der Waals surface area contributed by atoms with Crippen LogP contribution in [-0.4, -0.2) is 23.9 Å². The van der Waals surface area contributed by atoms with Crippen LogP contribution < -0.4 is 15.4 Å². The molecule has 0 unspecified atom stereocenters. The number of carbonyl (C=O) groups excluding carboxylic acids is 2. The molecule has 27 heavy (non-hydrogen) atoms. The zero-order valence-corrected chi connectivity index (χ0v) is 14.8. The van der Waals surface area contributed by atoms with Gasteiger partial charge < -0.3 is 15.4 Å². The molecule has 6 nitrogen and oxygen atoms in total. The van der Waals surface area contributed by atoms with Crippen molar-refractivity contribution in [1.82, 2.24) is 4.98 Å². The van der Waals surface area contributed by atoms with E-state index in [1.54, 1.807) is 68.0 Å². The minimum Gasteiger partial charge on any atom is -0.497 e. The zero-order chi connectivity index (χ0) is 19.1. The maximum Gasteiger partial charge on any atom is 0.257 e. The summed E-state index contributed by atoms with van der Waals surface area (Å²) in [5.74, 6) is 0.210. The molecule has 3 aromatic rings. The first-order valence-electron chi connectivity index (χ1n) is 8.39. The average molecular weight is 361 g/mol. The van der Waals surface area contributed by atoms with Crippen LogP contribution in [0.4, 0.5) is 11.4 Å². The Morgan fingerprint density at radius 2 is 1.74 bits per heavy atom. The summed E-state index contributed by atoms with van der Waals surface area (Å²) in [6.07, 6.45) is 3.38.